The maximum Gasteiger partial charge on any atom is 0.271 e. The number of hydrogen-bond donors (Lipinski definition) is 2. The lowest BCUT2D eigenvalue weighted by Gasteiger charge is -2.08. The predicted molar refractivity (Wildman–Crippen MR) is 83.6 cm³/mol. The van der Waals surface area contributed by atoms with Gasteiger partial charge in [-0.1, -0.05) is 11.6 Å². The minimum atomic E-state index is -0.263. The molecule has 0 radical (unpaired) electrons. The Balaban J connectivity index is 2.06. The molecule has 0 saturated heterocycles. The summed E-state index contributed by atoms with van der Waals surface area (Å²) in [4.78, 5) is 18.7. The number of rotatable bonds is 5. The zero-order chi connectivity index (χ0) is 14.5. The van der Waals surface area contributed by atoms with E-state index in [9.17, 15) is 4.79 Å². The molecular formula is C14H16ClN3OS. The summed E-state index contributed by atoms with van der Waals surface area (Å²) in [6.45, 7) is 5.23. The highest BCUT2D eigenvalue weighted by atomic mass is 35.5. The lowest BCUT2D eigenvalue weighted by Crippen LogP contribution is -2.24. The van der Waals surface area contributed by atoms with E-state index in [1.807, 2.05) is 26.0 Å². The van der Waals surface area contributed by atoms with Gasteiger partial charge in [0.05, 0.1) is 11.6 Å². The van der Waals surface area contributed by atoms with Crippen LogP contribution in [0.2, 0.25) is 5.02 Å². The monoisotopic (exact) mass is 309 g/mol. The minimum Gasteiger partial charge on any atom is -0.370 e. The number of amides is 1. The number of anilines is 1. The summed E-state index contributed by atoms with van der Waals surface area (Å²) in [5, 5.41) is 6.25. The molecule has 6 heteroatoms. The summed E-state index contributed by atoms with van der Waals surface area (Å²) >= 11 is 7.69. The van der Waals surface area contributed by atoms with Crippen molar-refractivity contribution in [3.63, 3.8) is 0 Å². The topological polar surface area (TPSA) is 54.0 Å². The molecule has 0 fully saturated rings. The Kier molecular flexibility index (Phi) is 4.98. The van der Waals surface area contributed by atoms with Crippen molar-refractivity contribution < 1.29 is 4.79 Å². The standard InChI is InChI=1S/C14H16ClN3OS/c1-3-16-12-7-6-11(15)13(18-12)14(19)17-8-10-5-4-9(2)20-10/h4-7H,3,8H2,1-2H3,(H,16,18)(H,17,19). The Hall–Kier alpha value is -1.59. The van der Waals surface area contributed by atoms with Gasteiger partial charge in [-0.25, -0.2) is 4.98 Å². The third-order valence-corrected chi connectivity index (χ3v) is 3.94. The van der Waals surface area contributed by atoms with E-state index in [4.69, 9.17) is 11.6 Å². The number of aromatic nitrogens is 1. The number of nitrogens with one attached hydrogen (secondary N) is 2. The first-order chi connectivity index (χ1) is 9.60. The van der Waals surface area contributed by atoms with E-state index in [0.29, 0.717) is 17.4 Å². The van der Waals surface area contributed by atoms with Crippen LogP contribution >= 0.6 is 22.9 Å². The first-order valence-electron chi connectivity index (χ1n) is 6.34. The van der Waals surface area contributed by atoms with Crippen molar-refractivity contribution in [2.75, 3.05) is 11.9 Å². The maximum absolute atomic E-state index is 12.1. The normalized spacial score (nSPS) is 10.3. The molecule has 0 aliphatic carbocycles. The molecule has 4 nitrogen and oxygen atoms in total. The summed E-state index contributed by atoms with van der Waals surface area (Å²) in [5.74, 6) is 0.384. The molecule has 2 rings (SSSR count). The second-order valence-corrected chi connectivity index (χ2v) is 6.03. The molecule has 0 aliphatic heterocycles. The molecule has 2 aromatic heterocycles. The van der Waals surface area contributed by atoms with Gasteiger partial charge >= 0.3 is 0 Å². The Bertz CT molecular complexity index is 612. The Labute approximate surface area is 127 Å². The Morgan fingerprint density at radius 3 is 2.80 bits per heavy atom. The molecule has 0 aliphatic rings. The molecule has 0 unspecified atom stereocenters. The number of carbonyl (C=O) groups is 1. The van der Waals surface area contributed by atoms with E-state index < -0.39 is 0 Å². The molecule has 2 N–H and O–H groups in total. The van der Waals surface area contributed by atoms with Gasteiger partial charge in [0.25, 0.3) is 5.91 Å². The number of hydrogen-bond acceptors (Lipinski definition) is 4. The maximum atomic E-state index is 12.1. The van der Waals surface area contributed by atoms with E-state index in [1.165, 1.54) is 4.88 Å². The van der Waals surface area contributed by atoms with Crippen molar-refractivity contribution in [2.45, 2.75) is 20.4 Å². The van der Waals surface area contributed by atoms with Gasteiger partial charge < -0.3 is 10.6 Å². The highest BCUT2D eigenvalue weighted by molar-refractivity contribution is 7.11. The fourth-order valence-corrected chi connectivity index (χ4v) is 2.73. The lowest BCUT2D eigenvalue weighted by molar-refractivity contribution is 0.0946. The first-order valence-corrected chi connectivity index (χ1v) is 7.53. The average molecular weight is 310 g/mol. The fraction of sp³-hybridized carbons (Fsp3) is 0.286. The van der Waals surface area contributed by atoms with Crippen LogP contribution in [0.4, 0.5) is 5.82 Å². The number of thiophene rings is 1. The quantitative estimate of drug-likeness (QED) is 0.889. The number of aryl methyl sites for hydroxylation is 1. The smallest absolute Gasteiger partial charge is 0.271 e. The number of halogens is 1. The number of carbonyl (C=O) groups excluding carboxylic acids is 1. The van der Waals surface area contributed by atoms with Crippen molar-refractivity contribution in [1.82, 2.24) is 10.3 Å². The molecule has 0 atom stereocenters. The van der Waals surface area contributed by atoms with Gasteiger partial charge in [-0.3, -0.25) is 4.79 Å². The van der Waals surface area contributed by atoms with Gasteiger partial charge in [0.15, 0.2) is 0 Å². The molecule has 2 heterocycles. The van der Waals surface area contributed by atoms with Crippen LogP contribution in [0, 0.1) is 6.92 Å². The molecular weight excluding hydrogens is 294 g/mol. The number of pyridine rings is 1. The van der Waals surface area contributed by atoms with E-state index in [2.05, 4.69) is 15.6 Å². The Morgan fingerprint density at radius 2 is 2.15 bits per heavy atom. The summed E-state index contributed by atoms with van der Waals surface area (Å²) in [7, 11) is 0. The third-order valence-electron chi connectivity index (χ3n) is 2.64. The molecule has 1 amide bonds. The van der Waals surface area contributed by atoms with E-state index in [1.54, 1.807) is 23.5 Å². The summed E-state index contributed by atoms with van der Waals surface area (Å²) in [6.07, 6.45) is 0. The molecule has 2 aromatic rings. The van der Waals surface area contributed by atoms with Crippen LogP contribution in [-0.2, 0) is 6.54 Å². The predicted octanol–water partition coefficient (Wildman–Crippen LogP) is 3.47. The van der Waals surface area contributed by atoms with Crippen molar-refractivity contribution in [2.24, 2.45) is 0 Å². The van der Waals surface area contributed by atoms with Crippen molar-refractivity contribution in [3.8, 4) is 0 Å². The molecule has 20 heavy (non-hydrogen) atoms. The van der Waals surface area contributed by atoms with Crippen molar-refractivity contribution in [3.05, 3.63) is 44.7 Å². The highest BCUT2D eigenvalue weighted by Gasteiger charge is 2.13. The summed E-state index contributed by atoms with van der Waals surface area (Å²) in [5.41, 5.74) is 0.249. The SMILES string of the molecule is CCNc1ccc(Cl)c(C(=O)NCc2ccc(C)s2)n1. The van der Waals surface area contributed by atoms with Gasteiger partial charge in [0, 0.05) is 16.3 Å². The van der Waals surface area contributed by atoms with Gasteiger partial charge in [-0.2, -0.15) is 0 Å². The van der Waals surface area contributed by atoms with E-state index in [0.717, 1.165) is 11.4 Å². The van der Waals surface area contributed by atoms with Crippen LogP contribution in [0.3, 0.4) is 0 Å². The molecule has 0 saturated carbocycles. The Morgan fingerprint density at radius 1 is 1.35 bits per heavy atom. The highest BCUT2D eigenvalue weighted by Crippen LogP contribution is 2.18. The van der Waals surface area contributed by atoms with Crippen LogP contribution in [0.1, 0.15) is 27.2 Å². The van der Waals surface area contributed by atoms with Gasteiger partial charge in [0.2, 0.25) is 0 Å². The van der Waals surface area contributed by atoms with Gasteiger partial charge in [-0.05, 0) is 38.1 Å². The molecule has 0 aromatic carbocycles. The second-order valence-electron chi connectivity index (χ2n) is 4.25. The van der Waals surface area contributed by atoms with Crippen LogP contribution in [0.5, 0.6) is 0 Å². The van der Waals surface area contributed by atoms with Crippen molar-refractivity contribution >= 4 is 34.7 Å². The lowest BCUT2D eigenvalue weighted by atomic mass is 10.3. The summed E-state index contributed by atoms with van der Waals surface area (Å²) in [6, 6.07) is 7.47. The molecule has 0 spiro atoms. The largest absolute Gasteiger partial charge is 0.370 e. The summed E-state index contributed by atoms with van der Waals surface area (Å²) < 4.78 is 0. The minimum absolute atomic E-state index is 0.249. The number of nitrogens with zero attached hydrogens (tertiary/aromatic N) is 1. The zero-order valence-corrected chi connectivity index (χ0v) is 12.9. The van der Waals surface area contributed by atoms with Crippen LogP contribution < -0.4 is 10.6 Å². The van der Waals surface area contributed by atoms with Crippen LogP contribution in [-0.4, -0.2) is 17.4 Å². The zero-order valence-electron chi connectivity index (χ0n) is 11.4. The van der Waals surface area contributed by atoms with E-state index >= 15 is 0 Å². The van der Waals surface area contributed by atoms with Crippen LogP contribution in [0.15, 0.2) is 24.3 Å². The first kappa shape index (κ1) is 14.8. The molecule has 0 bridgehead atoms. The van der Waals surface area contributed by atoms with Crippen LogP contribution in [0.25, 0.3) is 0 Å². The second kappa shape index (κ2) is 6.72. The third kappa shape index (κ3) is 3.71. The van der Waals surface area contributed by atoms with E-state index in [-0.39, 0.29) is 11.6 Å². The van der Waals surface area contributed by atoms with Crippen molar-refractivity contribution in [1.29, 1.82) is 0 Å². The molecule has 106 valence electrons. The van der Waals surface area contributed by atoms with Gasteiger partial charge in [-0.15, -0.1) is 11.3 Å². The van der Waals surface area contributed by atoms with Gasteiger partial charge in [0.1, 0.15) is 11.5 Å². The average Bonchev–Trinajstić information content (AvgIpc) is 2.84. The fourth-order valence-electron chi connectivity index (χ4n) is 1.71.